The molecule has 0 radical (unpaired) electrons. The number of likely N-dealkylation sites (tertiary alicyclic amines) is 1. The molecule has 2 aromatic heterocycles. The highest BCUT2D eigenvalue weighted by Gasteiger charge is 2.36. The van der Waals surface area contributed by atoms with Crippen molar-refractivity contribution in [1.82, 2.24) is 19.4 Å². The van der Waals surface area contributed by atoms with Crippen molar-refractivity contribution in [1.29, 1.82) is 0 Å². The van der Waals surface area contributed by atoms with E-state index in [0.717, 1.165) is 85.2 Å². The van der Waals surface area contributed by atoms with Gasteiger partial charge in [-0.15, -0.1) is 0 Å². The quantitative estimate of drug-likeness (QED) is 0.337. The van der Waals surface area contributed by atoms with E-state index in [1.165, 1.54) is 5.69 Å². The smallest absolute Gasteiger partial charge is 0.146 e. The van der Waals surface area contributed by atoms with Crippen LogP contribution in [0.15, 0.2) is 60.9 Å². The van der Waals surface area contributed by atoms with Crippen molar-refractivity contribution in [3.63, 3.8) is 0 Å². The van der Waals surface area contributed by atoms with Crippen LogP contribution in [0.2, 0.25) is 0 Å². The third-order valence-corrected chi connectivity index (χ3v) is 8.27. The lowest BCUT2D eigenvalue weighted by Gasteiger charge is -2.41. The lowest BCUT2D eigenvalue weighted by Crippen LogP contribution is -2.42. The number of nitrogen functional groups attached to an aromatic ring is 1. The maximum Gasteiger partial charge on any atom is 0.146 e. The van der Waals surface area contributed by atoms with Gasteiger partial charge in [0.15, 0.2) is 0 Å². The Bertz CT molecular complexity index is 1390. The van der Waals surface area contributed by atoms with Crippen LogP contribution >= 0.6 is 0 Å². The number of nitrogens with two attached hydrogens (primary N) is 1. The molecule has 7 heteroatoms. The lowest BCUT2D eigenvalue weighted by molar-refractivity contribution is 0.0566. The number of ether oxygens (including phenoxy) is 1. The van der Waals surface area contributed by atoms with Gasteiger partial charge in [0.25, 0.3) is 0 Å². The minimum absolute atomic E-state index is 0.121. The number of nitrogens with zero attached hydrogens (tertiary/aromatic N) is 4. The van der Waals surface area contributed by atoms with Gasteiger partial charge in [0.05, 0.1) is 11.5 Å². The fraction of sp³-hybridized carbons (Fsp3) is 0.419. The molecular formula is C31H37N5O2. The van der Waals surface area contributed by atoms with Crippen molar-refractivity contribution in [2.45, 2.75) is 57.8 Å². The van der Waals surface area contributed by atoms with Gasteiger partial charge in [-0.25, -0.2) is 9.97 Å². The van der Waals surface area contributed by atoms with Gasteiger partial charge in [-0.05, 0) is 61.3 Å². The van der Waals surface area contributed by atoms with Crippen LogP contribution < -0.4 is 10.5 Å². The number of fused-ring (bicyclic) bond motifs is 1. The highest BCUT2D eigenvalue weighted by molar-refractivity contribution is 6.02. The maximum atomic E-state index is 9.84. The Hall–Kier alpha value is -3.42. The number of aliphatic hydroxyl groups excluding tert-OH is 1. The SMILES string of the molecule is CCc1c(-c2cccc(OCc3ccccc3)c2)c2c(N)ncnc2n1[C@H]1C[C@@H](CN2CCC(O)CC2)C1. The van der Waals surface area contributed by atoms with Crippen molar-refractivity contribution in [3.05, 3.63) is 72.2 Å². The van der Waals surface area contributed by atoms with Crippen molar-refractivity contribution >= 4 is 16.9 Å². The molecule has 1 aliphatic carbocycles. The van der Waals surface area contributed by atoms with Crippen LogP contribution in [0.1, 0.15) is 49.9 Å². The Kier molecular flexibility index (Phi) is 7.04. The highest BCUT2D eigenvalue weighted by Crippen LogP contribution is 2.46. The van der Waals surface area contributed by atoms with E-state index < -0.39 is 0 Å². The van der Waals surface area contributed by atoms with E-state index in [-0.39, 0.29) is 6.10 Å². The number of piperidine rings is 1. The summed E-state index contributed by atoms with van der Waals surface area (Å²) in [5.74, 6) is 2.03. The van der Waals surface area contributed by atoms with E-state index in [4.69, 9.17) is 15.5 Å². The molecule has 7 nitrogen and oxygen atoms in total. The second kappa shape index (κ2) is 10.8. The summed E-state index contributed by atoms with van der Waals surface area (Å²) in [4.78, 5) is 11.6. The van der Waals surface area contributed by atoms with Gasteiger partial charge in [0, 0.05) is 36.9 Å². The van der Waals surface area contributed by atoms with Gasteiger partial charge in [0.2, 0.25) is 0 Å². The van der Waals surface area contributed by atoms with Crippen LogP contribution in [0.3, 0.4) is 0 Å². The number of anilines is 1. The molecule has 0 bridgehead atoms. The molecule has 0 unspecified atom stereocenters. The maximum absolute atomic E-state index is 9.84. The minimum atomic E-state index is -0.121. The van der Waals surface area contributed by atoms with E-state index in [1.807, 2.05) is 30.3 Å². The van der Waals surface area contributed by atoms with Crippen LogP contribution in [0.4, 0.5) is 5.82 Å². The average Bonchev–Trinajstić information content (AvgIpc) is 3.26. The Labute approximate surface area is 224 Å². The van der Waals surface area contributed by atoms with Crippen LogP contribution in [-0.4, -0.2) is 50.3 Å². The normalized spacial score (nSPS) is 20.5. The van der Waals surface area contributed by atoms with Gasteiger partial charge in [-0.2, -0.15) is 0 Å². The molecule has 2 aromatic carbocycles. The summed E-state index contributed by atoms with van der Waals surface area (Å²) >= 11 is 0. The fourth-order valence-electron chi connectivity index (χ4n) is 6.27. The third kappa shape index (κ3) is 4.88. The van der Waals surface area contributed by atoms with E-state index in [1.54, 1.807) is 6.33 Å². The molecule has 38 heavy (non-hydrogen) atoms. The first kappa shape index (κ1) is 24.9. The molecule has 198 valence electrons. The lowest BCUT2D eigenvalue weighted by atomic mass is 9.79. The monoisotopic (exact) mass is 511 g/mol. The summed E-state index contributed by atoms with van der Waals surface area (Å²) in [7, 11) is 0. The summed E-state index contributed by atoms with van der Waals surface area (Å²) in [6.45, 7) is 5.87. The summed E-state index contributed by atoms with van der Waals surface area (Å²) in [5.41, 5.74) is 12.0. The van der Waals surface area contributed by atoms with Gasteiger partial charge in [-0.1, -0.05) is 49.4 Å². The second-order valence-electron chi connectivity index (χ2n) is 10.8. The van der Waals surface area contributed by atoms with Crippen LogP contribution in [0.25, 0.3) is 22.2 Å². The van der Waals surface area contributed by atoms with Crippen molar-refractivity contribution < 1.29 is 9.84 Å². The van der Waals surface area contributed by atoms with Gasteiger partial charge in [0.1, 0.15) is 30.1 Å². The van der Waals surface area contributed by atoms with Gasteiger partial charge in [-0.3, -0.25) is 0 Å². The molecule has 6 rings (SSSR count). The summed E-state index contributed by atoms with van der Waals surface area (Å²) < 4.78 is 8.60. The zero-order chi connectivity index (χ0) is 26.1. The predicted molar refractivity (Wildman–Crippen MR) is 151 cm³/mol. The number of rotatable bonds is 8. The standard InChI is InChI=1S/C31H37N5O2/c1-2-27-28(23-9-6-10-26(17-23)38-19-21-7-4-3-5-8-21)29-30(32)33-20-34-31(29)36(27)24-15-22(16-24)18-35-13-11-25(37)12-14-35/h3-10,17,20,22,24-25,37H,2,11-16,18-19H2,1H3,(H2,32,33,34)/t22-,24+. The van der Waals surface area contributed by atoms with Crippen molar-refractivity contribution in [3.8, 4) is 16.9 Å². The van der Waals surface area contributed by atoms with E-state index in [2.05, 4.69) is 45.6 Å². The van der Waals surface area contributed by atoms with Crippen LogP contribution in [0, 0.1) is 5.92 Å². The molecule has 0 atom stereocenters. The highest BCUT2D eigenvalue weighted by atomic mass is 16.5. The van der Waals surface area contributed by atoms with Crippen molar-refractivity contribution in [2.75, 3.05) is 25.4 Å². The zero-order valence-corrected chi connectivity index (χ0v) is 22.1. The van der Waals surface area contributed by atoms with Crippen LogP contribution in [0.5, 0.6) is 5.75 Å². The van der Waals surface area contributed by atoms with E-state index >= 15 is 0 Å². The molecule has 1 saturated heterocycles. The van der Waals surface area contributed by atoms with Gasteiger partial charge < -0.3 is 25.0 Å². The first-order chi connectivity index (χ1) is 18.6. The van der Waals surface area contributed by atoms with Crippen molar-refractivity contribution in [2.24, 2.45) is 5.92 Å². The first-order valence-corrected chi connectivity index (χ1v) is 13.9. The summed E-state index contributed by atoms with van der Waals surface area (Å²) in [6, 6.07) is 18.9. The van der Waals surface area contributed by atoms with Gasteiger partial charge >= 0.3 is 0 Å². The Morgan fingerprint density at radius 1 is 1.03 bits per heavy atom. The summed E-state index contributed by atoms with van der Waals surface area (Å²) in [5, 5.41) is 10.8. The molecule has 3 heterocycles. The summed E-state index contributed by atoms with van der Waals surface area (Å²) in [6.07, 6.45) is 6.42. The molecule has 1 saturated carbocycles. The largest absolute Gasteiger partial charge is 0.489 e. The predicted octanol–water partition coefficient (Wildman–Crippen LogP) is 5.23. The molecule has 2 aliphatic rings. The second-order valence-corrected chi connectivity index (χ2v) is 10.8. The zero-order valence-electron chi connectivity index (χ0n) is 22.1. The average molecular weight is 512 g/mol. The molecule has 0 spiro atoms. The Morgan fingerprint density at radius 2 is 1.82 bits per heavy atom. The molecule has 3 N–H and O–H groups in total. The molecule has 4 aromatic rings. The number of aliphatic hydroxyl groups is 1. The third-order valence-electron chi connectivity index (χ3n) is 8.27. The molecule has 2 fully saturated rings. The van der Waals surface area contributed by atoms with E-state index in [9.17, 15) is 5.11 Å². The molecular weight excluding hydrogens is 474 g/mol. The Balaban J connectivity index is 1.28. The topological polar surface area (TPSA) is 89.4 Å². The molecule has 0 amide bonds. The molecule has 1 aliphatic heterocycles. The number of hydrogen-bond donors (Lipinski definition) is 2. The van der Waals surface area contributed by atoms with E-state index in [0.29, 0.717) is 24.4 Å². The number of aromatic nitrogens is 3. The number of hydrogen-bond acceptors (Lipinski definition) is 6. The minimum Gasteiger partial charge on any atom is -0.489 e. The first-order valence-electron chi connectivity index (χ1n) is 13.9. The number of benzene rings is 2. The Morgan fingerprint density at radius 3 is 2.58 bits per heavy atom. The fourth-order valence-corrected chi connectivity index (χ4v) is 6.27. The van der Waals surface area contributed by atoms with Crippen LogP contribution in [-0.2, 0) is 13.0 Å².